The molecule has 1 saturated carbocycles. The molecule has 88 valence electrons. The van der Waals surface area contributed by atoms with Crippen LogP contribution in [0, 0.1) is 0 Å². The van der Waals surface area contributed by atoms with Crippen molar-refractivity contribution in [2.24, 2.45) is 5.73 Å². The molecule has 0 unspecified atom stereocenters. The first-order valence-electron chi connectivity index (χ1n) is 5.71. The zero-order valence-corrected chi connectivity index (χ0v) is 11.6. The van der Waals surface area contributed by atoms with Crippen molar-refractivity contribution in [2.45, 2.75) is 41.0 Å². The lowest BCUT2D eigenvalue weighted by molar-refractivity contribution is 0.453. The fraction of sp³-hybridized carbons (Fsp3) is 0.538. The van der Waals surface area contributed by atoms with Gasteiger partial charge in [-0.3, -0.25) is 0 Å². The molecule has 0 atom stereocenters. The quantitative estimate of drug-likeness (QED) is 0.828. The van der Waals surface area contributed by atoms with Crippen molar-refractivity contribution in [2.75, 3.05) is 12.5 Å². The molecule has 0 spiro atoms. The summed E-state index contributed by atoms with van der Waals surface area (Å²) < 4.78 is 0. The normalized spacial score (nSPS) is 18.9. The third-order valence-corrected chi connectivity index (χ3v) is 4.94. The fourth-order valence-corrected chi connectivity index (χ4v) is 3.74. The molecule has 3 heteroatoms. The van der Waals surface area contributed by atoms with Crippen LogP contribution >= 0.6 is 23.5 Å². The van der Waals surface area contributed by atoms with Crippen LogP contribution in [0.2, 0.25) is 0 Å². The Morgan fingerprint density at radius 1 is 1.12 bits per heavy atom. The smallest absolute Gasteiger partial charge is 0.0420 e. The van der Waals surface area contributed by atoms with Crippen molar-refractivity contribution >= 4 is 23.5 Å². The zero-order valence-electron chi connectivity index (χ0n) is 9.95. The van der Waals surface area contributed by atoms with E-state index in [2.05, 4.69) is 30.7 Å². The van der Waals surface area contributed by atoms with Crippen LogP contribution < -0.4 is 5.73 Å². The van der Waals surface area contributed by atoms with E-state index < -0.39 is 0 Å². The molecule has 0 amide bonds. The Bertz CT molecular complexity index is 370. The summed E-state index contributed by atoms with van der Waals surface area (Å²) in [5, 5.41) is 0. The van der Waals surface area contributed by atoms with Gasteiger partial charge in [0.2, 0.25) is 0 Å². The minimum absolute atomic E-state index is 0.0602. The summed E-state index contributed by atoms with van der Waals surface area (Å²) in [4.78, 5) is 2.69. The van der Waals surface area contributed by atoms with E-state index >= 15 is 0 Å². The number of hydrogen-bond donors (Lipinski definition) is 1. The lowest BCUT2D eigenvalue weighted by Gasteiger charge is -2.26. The van der Waals surface area contributed by atoms with Gasteiger partial charge in [-0.25, -0.2) is 0 Å². The highest BCUT2D eigenvalue weighted by Crippen LogP contribution is 2.41. The molecule has 1 aromatic carbocycles. The molecule has 1 aliphatic carbocycles. The Labute approximate surface area is 107 Å². The third-order valence-electron chi connectivity index (χ3n) is 3.44. The second-order valence-electron chi connectivity index (χ2n) is 4.43. The topological polar surface area (TPSA) is 26.0 Å². The molecular weight excluding hydrogens is 234 g/mol. The molecule has 1 fully saturated rings. The highest BCUT2D eigenvalue weighted by atomic mass is 32.2. The van der Waals surface area contributed by atoms with E-state index in [9.17, 15) is 0 Å². The van der Waals surface area contributed by atoms with Gasteiger partial charge in [-0.15, -0.1) is 23.5 Å². The number of nitrogens with two attached hydrogens (primary N) is 1. The van der Waals surface area contributed by atoms with Crippen LogP contribution in [0.5, 0.6) is 0 Å². The highest BCUT2D eigenvalue weighted by molar-refractivity contribution is 7.99. The number of hydrogen-bond acceptors (Lipinski definition) is 3. The van der Waals surface area contributed by atoms with Crippen molar-refractivity contribution in [1.82, 2.24) is 0 Å². The molecule has 1 aromatic rings. The molecule has 1 aliphatic rings. The Morgan fingerprint density at radius 2 is 1.81 bits per heavy atom. The molecule has 0 aliphatic heterocycles. The maximum absolute atomic E-state index is 6.53. The van der Waals surface area contributed by atoms with Gasteiger partial charge in [0.15, 0.2) is 0 Å². The average molecular weight is 253 g/mol. The molecular formula is C13H19NS2. The Balaban J connectivity index is 2.39. The molecule has 16 heavy (non-hydrogen) atoms. The van der Waals surface area contributed by atoms with Gasteiger partial charge in [-0.1, -0.05) is 18.9 Å². The lowest BCUT2D eigenvalue weighted by Crippen LogP contribution is -2.33. The van der Waals surface area contributed by atoms with E-state index in [1.807, 2.05) is 11.8 Å². The minimum atomic E-state index is -0.0602. The number of thioether (sulfide) groups is 2. The average Bonchev–Trinajstić information content (AvgIpc) is 2.76. The van der Waals surface area contributed by atoms with Gasteiger partial charge in [0.25, 0.3) is 0 Å². The van der Waals surface area contributed by atoms with Crippen LogP contribution in [0.25, 0.3) is 0 Å². The predicted molar refractivity (Wildman–Crippen MR) is 74.3 cm³/mol. The van der Waals surface area contributed by atoms with Crippen molar-refractivity contribution in [1.29, 1.82) is 0 Å². The van der Waals surface area contributed by atoms with Crippen molar-refractivity contribution < 1.29 is 0 Å². The summed E-state index contributed by atoms with van der Waals surface area (Å²) in [6, 6.07) is 6.72. The molecule has 0 radical (unpaired) electrons. The summed E-state index contributed by atoms with van der Waals surface area (Å²) in [6.45, 7) is 0. The number of benzene rings is 1. The van der Waals surface area contributed by atoms with Crippen molar-refractivity contribution in [3.05, 3.63) is 23.8 Å². The highest BCUT2D eigenvalue weighted by Gasteiger charge is 2.32. The predicted octanol–water partition coefficient (Wildman–Crippen LogP) is 3.86. The van der Waals surface area contributed by atoms with E-state index in [0.717, 1.165) is 12.8 Å². The van der Waals surface area contributed by atoms with E-state index in [1.165, 1.54) is 28.2 Å². The van der Waals surface area contributed by atoms with E-state index in [-0.39, 0.29) is 5.54 Å². The minimum Gasteiger partial charge on any atom is -0.321 e. The first kappa shape index (κ1) is 12.3. The molecule has 0 saturated heterocycles. The Hall–Kier alpha value is -0.120. The van der Waals surface area contributed by atoms with Crippen LogP contribution in [0.3, 0.4) is 0 Å². The zero-order chi connectivity index (χ0) is 11.6. The Kier molecular flexibility index (Phi) is 3.88. The van der Waals surface area contributed by atoms with Crippen LogP contribution in [-0.4, -0.2) is 12.5 Å². The Morgan fingerprint density at radius 3 is 2.38 bits per heavy atom. The van der Waals surface area contributed by atoms with Crippen molar-refractivity contribution in [3.63, 3.8) is 0 Å². The summed E-state index contributed by atoms with van der Waals surface area (Å²) >= 11 is 3.61. The molecule has 2 N–H and O–H groups in total. The molecule has 1 nitrogen and oxygen atoms in total. The lowest BCUT2D eigenvalue weighted by atomic mass is 9.89. The molecule has 0 heterocycles. The van der Waals surface area contributed by atoms with Gasteiger partial charge < -0.3 is 5.73 Å². The molecule has 0 aromatic heterocycles. The second-order valence-corrected chi connectivity index (χ2v) is 6.16. The summed E-state index contributed by atoms with van der Waals surface area (Å²) in [7, 11) is 0. The maximum Gasteiger partial charge on any atom is 0.0420 e. The molecule has 0 bridgehead atoms. The van der Waals surface area contributed by atoms with Gasteiger partial charge in [-0.2, -0.15) is 0 Å². The van der Waals surface area contributed by atoms with Crippen LogP contribution in [0.1, 0.15) is 31.2 Å². The van der Waals surface area contributed by atoms with Crippen LogP contribution in [0.15, 0.2) is 28.0 Å². The van der Waals surface area contributed by atoms with Gasteiger partial charge in [0, 0.05) is 15.3 Å². The molecule has 2 rings (SSSR count). The first-order valence-corrected chi connectivity index (χ1v) is 8.16. The van der Waals surface area contributed by atoms with Gasteiger partial charge >= 0.3 is 0 Å². The van der Waals surface area contributed by atoms with Gasteiger partial charge in [0.05, 0.1) is 0 Å². The summed E-state index contributed by atoms with van der Waals surface area (Å²) in [5.41, 5.74) is 7.82. The van der Waals surface area contributed by atoms with Crippen LogP contribution in [0.4, 0.5) is 0 Å². The van der Waals surface area contributed by atoms with E-state index in [1.54, 1.807) is 11.8 Å². The van der Waals surface area contributed by atoms with E-state index in [0.29, 0.717) is 0 Å². The SMILES string of the molecule is CSc1ccc(C2(N)CCCC2)c(SC)c1. The second kappa shape index (κ2) is 5.03. The van der Waals surface area contributed by atoms with Gasteiger partial charge in [0.1, 0.15) is 0 Å². The van der Waals surface area contributed by atoms with E-state index in [4.69, 9.17) is 5.73 Å². The largest absolute Gasteiger partial charge is 0.321 e. The monoisotopic (exact) mass is 253 g/mol. The van der Waals surface area contributed by atoms with Crippen LogP contribution in [-0.2, 0) is 5.54 Å². The fourth-order valence-electron chi connectivity index (χ4n) is 2.49. The summed E-state index contributed by atoms with van der Waals surface area (Å²) in [6.07, 6.45) is 9.08. The number of rotatable bonds is 3. The van der Waals surface area contributed by atoms with Crippen molar-refractivity contribution in [3.8, 4) is 0 Å². The van der Waals surface area contributed by atoms with Gasteiger partial charge in [-0.05, 0) is 43.0 Å². The maximum atomic E-state index is 6.53. The standard InChI is InChI=1S/C13H19NS2/c1-15-10-5-6-11(12(9-10)16-2)13(14)7-3-4-8-13/h5-6,9H,3-4,7-8,14H2,1-2H3. The summed E-state index contributed by atoms with van der Waals surface area (Å²) in [5.74, 6) is 0. The first-order chi connectivity index (χ1) is 7.69. The third kappa shape index (κ3) is 2.27.